The number of methoxy groups -OCH3 is 2. The largest absolute Gasteiger partial charge is 0.493 e. The van der Waals surface area contributed by atoms with E-state index in [9.17, 15) is 14.9 Å². The van der Waals surface area contributed by atoms with Crippen molar-refractivity contribution in [3.8, 4) is 17.6 Å². The monoisotopic (exact) mass is 416 g/mol. The van der Waals surface area contributed by atoms with E-state index in [1.807, 2.05) is 31.7 Å². The summed E-state index contributed by atoms with van der Waals surface area (Å²) in [6.45, 7) is 7.34. The van der Waals surface area contributed by atoms with Gasteiger partial charge in [0.05, 0.1) is 14.2 Å². The summed E-state index contributed by atoms with van der Waals surface area (Å²) >= 11 is 0. The van der Waals surface area contributed by atoms with Gasteiger partial charge in [-0.2, -0.15) is 5.26 Å². The minimum absolute atomic E-state index is 0.0319. The van der Waals surface area contributed by atoms with Crippen LogP contribution in [0.2, 0.25) is 0 Å². The molecule has 0 atom stereocenters. The van der Waals surface area contributed by atoms with Gasteiger partial charge in [0.1, 0.15) is 17.2 Å². The lowest BCUT2D eigenvalue weighted by molar-refractivity contribution is -0.112. The molecule has 0 aliphatic carbocycles. The third kappa shape index (κ3) is 6.30. The van der Waals surface area contributed by atoms with E-state index in [0.717, 1.165) is 0 Å². The van der Waals surface area contributed by atoms with E-state index in [2.05, 4.69) is 5.32 Å². The second-order valence-corrected chi connectivity index (χ2v) is 7.68. The van der Waals surface area contributed by atoms with Crippen molar-refractivity contribution < 1.29 is 23.8 Å². The highest BCUT2D eigenvalue weighted by molar-refractivity contribution is 6.06. The molecule has 0 spiro atoms. The maximum absolute atomic E-state index is 12.5. The van der Waals surface area contributed by atoms with E-state index in [1.165, 1.54) is 20.4 Å². The summed E-state index contributed by atoms with van der Waals surface area (Å²) in [5, 5.41) is 12.1. The van der Waals surface area contributed by atoms with Crippen LogP contribution >= 0.6 is 0 Å². The molecular weight excluding hydrogens is 388 g/mol. The number of anilines is 1. The quantitative estimate of drug-likeness (QED) is 0.581. The summed E-state index contributed by atoms with van der Waals surface area (Å²) in [7, 11) is 3.02. The zero-order valence-electron chi connectivity index (χ0n) is 18.0. The first-order chi connectivity index (χ1) is 14.2. The van der Waals surface area contributed by atoms with Crippen molar-refractivity contribution in [1.82, 2.24) is 9.80 Å². The Balaban J connectivity index is 1.98. The molecular formula is C21H28N4O5. The van der Waals surface area contributed by atoms with Gasteiger partial charge in [-0.05, 0) is 32.9 Å². The van der Waals surface area contributed by atoms with Gasteiger partial charge in [-0.1, -0.05) is 0 Å². The fraction of sp³-hybridized carbons (Fsp3) is 0.476. The number of rotatable bonds is 5. The van der Waals surface area contributed by atoms with Crippen LogP contribution in [0.15, 0.2) is 30.0 Å². The van der Waals surface area contributed by atoms with E-state index < -0.39 is 11.5 Å². The molecule has 1 aliphatic heterocycles. The zero-order valence-corrected chi connectivity index (χ0v) is 18.0. The first kappa shape index (κ1) is 22.9. The number of amides is 2. The number of nitrogens with zero attached hydrogens (tertiary/aromatic N) is 3. The summed E-state index contributed by atoms with van der Waals surface area (Å²) in [6.07, 6.45) is 1.15. The van der Waals surface area contributed by atoms with Crippen LogP contribution in [0, 0.1) is 11.3 Å². The lowest BCUT2D eigenvalue weighted by Crippen LogP contribution is -2.48. The molecule has 2 rings (SSSR count). The average Bonchev–Trinajstić information content (AvgIpc) is 2.70. The van der Waals surface area contributed by atoms with Gasteiger partial charge in [0.2, 0.25) is 0 Å². The molecule has 1 fully saturated rings. The number of ether oxygens (including phenoxy) is 3. The lowest BCUT2D eigenvalue weighted by Gasteiger charge is -2.35. The molecule has 162 valence electrons. The molecule has 2 amide bonds. The molecule has 1 N–H and O–H groups in total. The Bertz CT molecular complexity index is 846. The third-order valence-corrected chi connectivity index (χ3v) is 4.28. The molecule has 1 heterocycles. The molecule has 1 aromatic rings. The smallest absolute Gasteiger partial charge is 0.410 e. The Labute approximate surface area is 176 Å². The Hall–Kier alpha value is -3.41. The number of nitriles is 1. The molecule has 0 aromatic heterocycles. The fourth-order valence-corrected chi connectivity index (χ4v) is 2.79. The summed E-state index contributed by atoms with van der Waals surface area (Å²) in [6, 6.07) is 6.88. The van der Waals surface area contributed by atoms with Gasteiger partial charge >= 0.3 is 6.09 Å². The van der Waals surface area contributed by atoms with E-state index >= 15 is 0 Å². The van der Waals surface area contributed by atoms with Crippen LogP contribution in [0.3, 0.4) is 0 Å². The second kappa shape index (κ2) is 9.87. The fourth-order valence-electron chi connectivity index (χ4n) is 2.79. The molecule has 0 bridgehead atoms. The normalized spacial score (nSPS) is 14.6. The molecule has 1 aliphatic rings. The van der Waals surface area contributed by atoms with Gasteiger partial charge < -0.3 is 29.3 Å². The summed E-state index contributed by atoms with van der Waals surface area (Å²) in [5.74, 6) is 0.477. The Morgan fingerprint density at radius 3 is 2.27 bits per heavy atom. The van der Waals surface area contributed by atoms with E-state index in [1.54, 1.807) is 23.1 Å². The topological polar surface area (TPSA) is 104 Å². The number of benzene rings is 1. The molecule has 9 heteroatoms. The zero-order chi connectivity index (χ0) is 22.3. The number of nitrogens with one attached hydrogen (secondary N) is 1. The van der Waals surface area contributed by atoms with Gasteiger partial charge in [-0.3, -0.25) is 4.79 Å². The number of hydrogen-bond acceptors (Lipinski definition) is 7. The average molecular weight is 416 g/mol. The lowest BCUT2D eigenvalue weighted by atomic mass is 10.2. The van der Waals surface area contributed by atoms with Crippen LogP contribution in [0.1, 0.15) is 20.8 Å². The SMILES string of the molecule is COc1ccc(NC(=O)/C(C#N)=C\N2CCN(C(=O)OC(C)(C)C)CC2)cc1OC. The summed E-state index contributed by atoms with van der Waals surface area (Å²) in [4.78, 5) is 28.1. The van der Waals surface area contributed by atoms with Gasteiger partial charge in [-0.25, -0.2) is 4.79 Å². The number of carbonyl (C=O) groups excluding carboxylic acids is 2. The second-order valence-electron chi connectivity index (χ2n) is 7.68. The molecule has 0 saturated carbocycles. The van der Waals surface area contributed by atoms with Crippen LogP contribution in [0.4, 0.5) is 10.5 Å². The minimum Gasteiger partial charge on any atom is -0.493 e. The highest BCUT2D eigenvalue weighted by Gasteiger charge is 2.25. The Kier molecular flexibility index (Phi) is 7.53. The summed E-state index contributed by atoms with van der Waals surface area (Å²) in [5.41, 5.74) is -0.103. The molecule has 1 saturated heterocycles. The first-order valence-corrected chi connectivity index (χ1v) is 9.54. The van der Waals surface area contributed by atoms with Gasteiger partial charge in [0, 0.05) is 44.1 Å². The predicted octanol–water partition coefficient (Wildman–Crippen LogP) is 2.60. The molecule has 0 radical (unpaired) electrons. The van der Waals surface area contributed by atoms with E-state index in [0.29, 0.717) is 43.4 Å². The number of carbonyl (C=O) groups is 2. The van der Waals surface area contributed by atoms with Crippen molar-refractivity contribution in [2.45, 2.75) is 26.4 Å². The predicted molar refractivity (Wildman–Crippen MR) is 111 cm³/mol. The van der Waals surface area contributed by atoms with Crippen LogP contribution in [0.25, 0.3) is 0 Å². The minimum atomic E-state index is -0.551. The van der Waals surface area contributed by atoms with Crippen LogP contribution in [0.5, 0.6) is 11.5 Å². The summed E-state index contributed by atoms with van der Waals surface area (Å²) < 4.78 is 15.8. The maximum Gasteiger partial charge on any atom is 0.410 e. The van der Waals surface area contributed by atoms with Crippen molar-refractivity contribution in [2.75, 3.05) is 45.7 Å². The van der Waals surface area contributed by atoms with Crippen LogP contribution in [-0.4, -0.2) is 67.8 Å². The van der Waals surface area contributed by atoms with Gasteiger partial charge in [-0.15, -0.1) is 0 Å². The molecule has 1 aromatic carbocycles. The van der Waals surface area contributed by atoms with Crippen LogP contribution in [-0.2, 0) is 9.53 Å². The van der Waals surface area contributed by atoms with Crippen LogP contribution < -0.4 is 14.8 Å². The molecule has 0 unspecified atom stereocenters. The molecule has 30 heavy (non-hydrogen) atoms. The van der Waals surface area contributed by atoms with Crippen molar-refractivity contribution in [3.05, 3.63) is 30.0 Å². The maximum atomic E-state index is 12.5. The third-order valence-electron chi connectivity index (χ3n) is 4.28. The highest BCUT2D eigenvalue weighted by atomic mass is 16.6. The molecule has 9 nitrogen and oxygen atoms in total. The number of piperazine rings is 1. The first-order valence-electron chi connectivity index (χ1n) is 9.54. The van der Waals surface area contributed by atoms with Gasteiger partial charge in [0.15, 0.2) is 11.5 Å². The van der Waals surface area contributed by atoms with Crippen molar-refractivity contribution >= 4 is 17.7 Å². The highest BCUT2D eigenvalue weighted by Crippen LogP contribution is 2.29. The Morgan fingerprint density at radius 2 is 1.73 bits per heavy atom. The van der Waals surface area contributed by atoms with E-state index in [4.69, 9.17) is 14.2 Å². The Morgan fingerprint density at radius 1 is 1.10 bits per heavy atom. The standard InChI is InChI=1S/C21H28N4O5/c1-21(2,3)30-20(27)25-10-8-24(9-11-25)14-15(13-22)19(26)23-16-6-7-17(28-4)18(12-16)29-5/h6-7,12,14H,8-11H2,1-5H3,(H,23,26)/b15-14-. The van der Waals surface area contributed by atoms with Crippen molar-refractivity contribution in [2.24, 2.45) is 0 Å². The van der Waals surface area contributed by atoms with Crippen molar-refractivity contribution in [1.29, 1.82) is 5.26 Å². The van der Waals surface area contributed by atoms with E-state index in [-0.39, 0.29) is 11.7 Å². The van der Waals surface area contributed by atoms with Gasteiger partial charge in [0.25, 0.3) is 5.91 Å². The van der Waals surface area contributed by atoms with Crippen molar-refractivity contribution in [3.63, 3.8) is 0 Å². The number of hydrogen-bond donors (Lipinski definition) is 1.